The Bertz CT molecular complexity index is 188. The van der Waals surface area contributed by atoms with E-state index in [9.17, 15) is 13.2 Å². The molecule has 15 heavy (non-hydrogen) atoms. The zero-order chi connectivity index (χ0) is 11.5. The molecule has 1 aliphatic rings. The van der Waals surface area contributed by atoms with Gasteiger partial charge in [-0.25, -0.2) is 0 Å². The number of aliphatic hydroxyl groups is 1. The third-order valence-corrected chi connectivity index (χ3v) is 2.98. The van der Waals surface area contributed by atoms with Gasteiger partial charge >= 0.3 is 6.18 Å². The van der Waals surface area contributed by atoms with Crippen molar-refractivity contribution in [3.05, 3.63) is 0 Å². The van der Waals surface area contributed by atoms with Crippen LogP contribution < -0.4 is 5.32 Å². The average Bonchev–Trinajstić information content (AvgIpc) is 2.17. The van der Waals surface area contributed by atoms with Gasteiger partial charge in [0.05, 0.1) is 12.5 Å². The van der Waals surface area contributed by atoms with Gasteiger partial charge in [-0.2, -0.15) is 13.2 Å². The highest BCUT2D eigenvalue weighted by Crippen LogP contribution is 2.37. The van der Waals surface area contributed by atoms with Gasteiger partial charge in [-0.3, -0.25) is 0 Å². The molecule has 0 bridgehead atoms. The summed E-state index contributed by atoms with van der Waals surface area (Å²) in [5.74, 6) is -1.13. The van der Waals surface area contributed by atoms with Crippen molar-refractivity contribution < 1.29 is 18.3 Å². The van der Waals surface area contributed by atoms with Crippen molar-refractivity contribution in [2.24, 2.45) is 5.92 Å². The predicted molar refractivity (Wildman–Crippen MR) is 51.5 cm³/mol. The highest BCUT2D eigenvalue weighted by atomic mass is 19.4. The van der Waals surface area contributed by atoms with E-state index in [0.29, 0.717) is 12.8 Å². The van der Waals surface area contributed by atoms with Crippen molar-refractivity contribution in [1.82, 2.24) is 5.32 Å². The summed E-state index contributed by atoms with van der Waals surface area (Å²) in [6, 6.07) is 0.100. The van der Waals surface area contributed by atoms with E-state index in [1.54, 1.807) is 0 Å². The van der Waals surface area contributed by atoms with Crippen molar-refractivity contribution in [3.8, 4) is 0 Å². The Balaban J connectivity index is 2.30. The molecule has 0 spiro atoms. The van der Waals surface area contributed by atoms with Gasteiger partial charge in [0.15, 0.2) is 0 Å². The fourth-order valence-electron chi connectivity index (χ4n) is 2.04. The molecule has 1 saturated carbocycles. The first-order valence-corrected chi connectivity index (χ1v) is 5.37. The summed E-state index contributed by atoms with van der Waals surface area (Å²) in [5.41, 5.74) is 0. The van der Waals surface area contributed by atoms with Crippen molar-refractivity contribution in [2.45, 2.75) is 50.9 Å². The zero-order valence-electron chi connectivity index (χ0n) is 8.85. The molecule has 5 heteroatoms. The lowest BCUT2D eigenvalue weighted by molar-refractivity contribution is -0.182. The van der Waals surface area contributed by atoms with E-state index in [-0.39, 0.29) is 31.5 Å². The molecule has 0 radical (unpaired) electrons. The molecule has 0 saturated heterocycles. The summed E-state index contributed by atoms with van der Waals surface area (Å²) in [5, 5.41) is 11.9. The van der Waals surface area contributed by atoms with E-state index < -0.39 is 12.1 Å². The maximum Gasteiger partial charge on any atom is 0.391 e. The number of hydrogen-bond acceptors (Lipinski definition) is 2. The van der Waals surface area contributed by atoms with Gasteiger partial charge in [-0.1, -0.05) is 0 Å². The first kappa shape index (κ1) is 12.8. The van der Waals surface area contributed by atoms with Crippen LogP contribution in [0.25, 0.3) is 0 Å². The molecule has 0 aromatic carbocycles. The molecular weight excluding hydrogens is 207 g/mol. The monoisotopic (exact) mass is 225 g/mol. The molecule has 1 atom stereocenters. The van der Waals surface area contributed by atoms with Crippen LogP contribution in [-0.4, -0.2) is 30.0 Å². The quantitative estimate of drug-likeness (QED) is 0.770. The van der Waals surface area contributed by atoms with E-state index in [2.05, 4.69) is 5.32 Å². The Morgan fingerprint density at radius 2 is 1.80 bits per heavy atom. The number of alkyl halides is 3. The molecule has 90 valence electrons. The molecule has 1 aliphatic carbocycles. The molecule has 0 heterocycles. The zero-order valence-corrected chi connectivity index (χ0v) is 8.85. The summed E-state index contributed by atoms with van der Waals surface area (Å²) >= 11 is 0. The van der Waals surface area contributed by atoms with Gasteiger partial charge in [0.25, 0.3) is 0 Å². The largest absolute Gasteiger partial charge is 0.395 e. The van der Waals surface area contributed by atoms with Gasteiger partial charge in [0.1, 0.15) is 0 Å². The molecule has 1 unspecified atom stereocenters. The van der Waals surface area contributed by atoms with Gasteiger partial charge < -0.3 is 10.4 Å². The molecule has 2 nitrogen and oxygen atoms in total. The second-order valence-corrected chi connectivity index (χ2v) is 4.34. The van der Waals surface area contributed by atoms with Gasteiger partial charge in [-0.15, -0.1) is 0 Å². The number of halogens is 3. The van der Waals surface area contributed by atoms with Crippen LogP contribution in [0.3, 0.4) is 0 Å². The SMILES string of the molecule is CC(CO)NC1CCC(C(F)(F)F)CC1. The normalized spacial score (nSPS) is 30.2. The smallest absolute Gasteiger partial charge is 0.391 e. The Labute approximate surface area is 87.9 Å². The minimum absolute atomic E-state index is 0.0270. The summed E-state index contributed by atoms with van der Waals surface area (Å²) in [6.45, 7) is 1.86. The molecule has 0 aromatic rings. The van der Waals surface area contributed by atoms with Gasteiger partial charge in [-0.05, 0) is 32.6 Å². The molecule has 1 fully saturated rings. The van der Waals surface area contributed by atoms with E-state index in [1.165, 1.54) is 0 Å². The molecular formula is C10H18F3NO. The minimum atomic E-state index is -4.03. The second kappa shape index (κ2) is 5.16. The fourth-order valence-corrected chi connectivity index (χ4v) is 2.04. The molecule has 2 N–H and O–H groups in total. The van der Waals surface area contributed by atoms with Crippen molar-refractivity contribution in [3.63, 3.8) is 0 Å². The van der Waals surface area contributed by atoms with Crippen molar-refractivity contribution in [2.75, 3.05) is 6.61 Å². The Hall–Kier alpha value is -0.290. The first-order valence-electron chi connectivity index (χ1n) is 5.37. The lowest BCUT2D eigenvalue weighted by Gasteiger charge is -2.31. The van der Waals surface area contributed by atoms with Crippen LogP contribution >= 0.6 is 0 Å². The van der Waals surface area contributed by atoms with E-state index in [1.807, 2.05) is 6.92 Å². The maximum absolute atomic E-state index is 12.3. The van der Waals surface area contributed by atoms with E-state index in [0.717, 1.165) is 0 Å². The highest BCUT2D eigenvalue weighted by Gasteiger charge is 2.41. The third kappa shape index (κ3) is 3.99. The third-order valence-electron chi connectivity index (χ3n) is 2.98. The molecule has 0 aliphatic heterocycles. The second-order valence-electron chi connectivity index (χ2n) is 4.34. The first-order chi connectivity index (χ1) is 6.93. The van der Waals surface area contributed by atoms with E-state index in [4.69, 9.17) is 5.11 Å². The summed E-state index contributed by atoms with van der Waals surface area (Å²) < 4.78 is 37.0. The van der Waals surface area contributed by atoms with Gasteiger partial charge in [0, 0.05) is 12.1 Å². The van der Waals surface area contributed by atoms with Crippen LogP contribution in [0.2, 0.25) is 0 Å². The van der Waals surface area contributed by atoms with Gasteiger partial charge in [0.2, 0.25) is 0 Å². The van der Waals surface area contributed by atoms with Crippen molar-refractivity contribution in [1.29, 1.82) is 0 Å². The summed E-state index contributed by atoms with van der Waals surface area (Å²) in [6.07, 6.45) is -2.52. The lowest BCUT2D eigenvalue weighted by atomic mass is 9.85. The van der Waals surface area contributed by atoms with E-state index >= 15 is 0 Å². The van der Waals surface area contributed by atoms with Crippen LogP contribution in [-0.2, 0) is 0 Å². The number of hydrogen-bond donors (Lipinski definition) is 2. The van der Waals surface area contributed by atoms with Crippen LogP contribution in [0.15, 0.2) is 0 Å². The average molecular weight is 225 g/mol. The summed E-state index contributed by atoms with van der Waals surface area (Å²) in [7, 11) is 0. The van der Waals surface area contributed by atoms with Crippen LogP contribution in [0, 0.1) is 5.92 Å². The molecule has 0 amide bonds. The van der Waals surface area contributed by atoms with Crippen LogP contribution in [0.1, 0.15) is 32.6 Å². The number of aliphatic hydroxyl groups excluding tert-OH is 1. The predicted octanol–water partition coefficient (Wildman–Crippen LogP) is 2.08. The Morgan fingerprint density at radius 3 is 2.20 bits per heavy atom. The van der Waals surface area contributed by atoms with Crippen LogP contribution in [0.5, 0.6) is 0 Å². The molecule has 0 aromatic heterocycles. The highest BCUT2D eigenvalue weighted by molar-refractivity contribution is 4.81. The number of nitrogens with one attached hydrogen (secondary N) is 1. The van der Waals surface area contributed by atoms with Crippen LogP contribution in [0.4, 0.5) is 13.2 Å². The Kier molecular flexibility index (Phi) is 4.40. The minimum Gasteiger partial charge on any atom is -0.395 e. The maximum atomic E-state index is 12.3. The standard InChI is InChI=1S/C10H18F3NO/c1-7(6-15)14-9-4-2-8(3-5-9)10(11,12)13/h7-9,14-15H,2-6H2,1H3. The topological polar surface area (TPSA) is 32.3 Å². The fraction of sp³-hybridized carbons (Fsp3) is 1.00. The summed E-state index contributed by atoms with van der Waals surface area (Å²) in [4.78, 5) is 0. The van der Waals surface area contributed by atoms with Crippen molar-refractivity contribution >= 4 is 0 Å². The Morgan fingerprint density at radius 1 is 1.27 bits per heavy atom. The lowest BCUT2D eigenvalue weighted by Crippen LogP contribution is -2.42. The number of rotatable bonds is 3. The molecule has 1 rings (SSSR count).